The van der Waals surface area contributed by atoms with Gasteiger partial charge in [-0.1, -0.05) is 18.8 Å². The summed E-state index contributed by atoms with van der Waals surface area (Å²) in [5, 5.41) is 11.8. The van der Waals surface area contributed by atoms with Gasteiger partial charge < -0.3 is 10.4 Å². The fourth-order valence-electron chi connectivity index (χ4n) is 2.53. The molecule has 4 heteroatoms. The summed E-state index contributed by atoms with van der Waals surface area (Å²) in [7, 11) is 0. The molecule has 2 N–H and O–H groups in total. The lowest BCUT2D eigenvalue weighted by Crippen LogP contribution is -2.37. The molecule has 0 radical (unpaired) electrons. The van der Waals surface area contributed by atoms with Crippen molar-refractivity contribution in [1.82, 2.24) is 10.3 Å². The maximum Gasteiger partial charge on any atom is 0.253 e. The van der Waals surface area contributed by atoms with E-state index in [1.165, 1.54) is 12.8 Å². The number of rotatable bonds is 3. The highest BCUT2D eigenvalue weighted by atomic mass is 16.2. The van der Waals surface area contributed by atoms with E-state index in [9.17, 15) is 4.79 Å². The van der Waals surface area contributed by atoms with E-state index in [4.69, 9.17) is 5.11 Å². The zero-order chi connectivity index (χ0) is 15.1. The smallest absolute Gasteiger partial charge is 0.253 e. The largest absolute Gasteiger partial charge is 0.395 e. The van der Waals surface area contributed by atoms with Crippen LogP contribution in [0.2, 0.25) is 0 Å². The van der Waals surface area contributed by atoms with Crippen molar-refractivity contribution in [3.05, 3.63) is 29.6 Å². The maximum absolute atomic E-state index is 12.2. The first-order valence-electron chi connectivity index (χ1n) is 7.54. The van der Waals surface area contributed by atoms with Gasteiger partial charge in [0.2, 0.25) is 0 Å². The number of carbonyl (C=O) groups excluding carboxylic acids is 1. The number of nitrogens with one attached hydrogen (secondary N) is 1. The van der Waals surface area contributed by atoms with Crippen LogP contribution >= 0.6 is 0 Å². The molecule has 1 fully saturated rings. The summed E-state index contributed by atoms with van der Waals surface area (Å²) in [6.07, 6.45) is 8.08. The molecular formula is C17H22N2O2. The molecule has 1 aliphatic carbocycles. The lowest BCUT2D eigenvalue weighted by atomic mass is 9.87. The van der Waals surface area contributed by atoms with Crippen molar-refractivity contribution >= 4 is 5.91 Å². The second kappa shape index (κ2) is 7.80. The van der Waals surface area contributed by atoms with Crippen molar-refractivity contribution in [2.24, 2.45) is 5.92 Å². The summed E-state index contributed by atoms with van der Waals surface area (Å²) in [4.78, 5) is 16.3. The molecule has 0 aromatic carbocycles. The second-order valence-electron chi connectivity index (χ2n) is 5.67. The molecule has 0 saturated heterocycles. The summed E-state index contributed by atoms with van der Waals surface area (Å²) in [5.41, 5.74) is 1.25. The van der Waals surface area contributed by atoms with Gasteiger partial charge in [0.25, 0.3) is 5.91 Å². The number of amides is 1. The molecule has 1 amide bonds. The number of aliphatic hydroxyl groups excluding tert-OH is 1. The van der Waals surface area contributed by atoms with Crippen molar-refractivity contribution in [2.75, 3.05) is 6.61 Å². The van der Waals surface area contributed by atoms with E-state index in [0.717, 1.165) is 18.8 Å². The van der Waals surface area contributed by atoms with E-state index in [0.29, 0.717) is 17.5 Å². The standard InChI is InChI=1S/C17H22N2O2/c1-13-5-7-16(8-6-13)19-17(21)15-10-14(11-18-12-15)4-2-3-9-20/h10-13,16,20H,3,5-9H2,1H3,(H,19,21). The number of aromatic nitrogens is 1. The van der Waals surface area contributed by atoms with E-state index in [-0.39, 0.29) is 18.6 Å². The first-order chi connectivity index (χ1) is 10.2. The van der Waals surface area contributed by atoms with E-state index < -0.39 is 0 Å². The molecule has 0 spiro atoms. The van der Waals surface area contributed by atoms with Crippen LogP contribution in [0.3, 0.4) is 0 Å². The van der Waals surface area contributed by atoms with Crippen LogP contribution in [0.25, 0.3) is 0 Å². The zero-order valence-corrected chi connectivity index (χ0v) is 12.4. The quantitative estimate of drug-likeness (QED) is 0.837. The average Bonchev–Trinajstić information content (AvgIpc) is 2.50. The van der Waals surface area contributed by atoms with Crippen LogP contribution in [0.1, 0.15) is 54.9 Å². The Morgan fingerprint density at radius 1 is 1.38 bits per heavy atom. The Morgan fingerprint density at radius 3 is 2.86 bits per heavy atom. The van der Waals surface area contributed by atoms with Crippen LogP contribution in [0, 0.1) is 17.8 Å². The lowest BCUT2D eigenvalue weighted by molar-refractivity contribution is 0.0922. The highest BCUT2D eigenvalue weighted by Gasteiger charge is 2.20. The molecule has 1 heterocycles. The van der Waals surface area contributed by atoms with Gasteiger partial charge in [0.05, 0.1) is 12.2 Å². The van der Waals surface area contributed by atoms with Gasteiger partial charge in [0, 0.05) is 30.4 Å². The lowest BCUT2D eigenvalue weighted by Gasteiger charge is -2.26. The minimum Gasteiger partial charge on any atom is -0.395 e. The molecule has 1 aromatic heterocycles. The van der Waals surface area contributed by atoms with Crippen molar-refractivity contribution in [1.29, 1.82) is 0 Å². The summed E-state index contributed by atoms with van der Waals surface area (Å²) in [6, 6.07) is 2.02. The normalized spacial score (nSPS) is 21.2. The number of aliphatic hydroxyl groups is 1. The molecule has 1 saturated carbocycles. The zero-order valence-electron chi connectivity index (χ0n) is 12.4. The first-order valence-corrected chi connectivity index (χ1v) is 7.54. The highest BCUT2D eigenvalue weighted by Crippen LogP contribution is 2.23. The molecule has 1 aromatic rings. The molecule has 2 rings (SSSR count). The van der Waals surface area contributed by atoms with Crippen molar-refractivity contribution in [3.63, 3.8) is 0 Å². The van der Waals surface area contributed by atoms with Gasteiger partial charge in [-0.2, -0.15) is 0 Å². The fraction of sp³-hybridized carbons (Fsp3) is 0.529. The molecule has 21 heavy (non-hydrogen) atoms. The average molecular weight is 286 g/mol. The number of carbonyl (C=O) groups is 1. The Morgan fingerprint density at radius 2 is 2.14 bits per heavy atom. The summed E-state index contributed by atoms with van der Waals surface area (Å²) < 4.78 is 0. The minimum absolute atomic E-state index is 0.0424. The Labute approximate surface area is 126 Å². The van der Waals surface area contributed by atoms with Crippen LogP contribution in [0.15, 0.2) is 18.5 Å². The second-order valence-corrected chi connectivity index (χ2v) is 5.67. The summed E-state index contributed by atoms with van der Waals surface area (Å²) in [5.74, 6) is 6.42. The Bertz CT molecular complexity index is 537. The summed E-state index contributed by atoms with van der Waals surface area (Å²) >= 11 is 0. The van der Waals surface area contributed by atoms with Crippen LogP contribution in [-0.2, 0) is 0 Å². The fourth-order valence-corrected chi connectivity index (χ4v) is 2.53. The molecule has 0 aliphatic heterocycles. The number of hydrogen-bond donors (Lipinski definition) is 2. The molecule has 1 aliphatic rings. The SMILES string of the molecule is CC1CCC(NC(=O)c2cncc(C#CCCO)c2)CC1. The highest BCUT2D eigenvalue weighted by molar-refractivity contribution is 5.94. The third-order valence-electron chi connectivity index (χ3n) is 3.82. The van der Waals surface area contributed by atoms with E-state index in [1.54, 1.807) is 18.5 Å². The number of pyridine rings is 1. The van der Waals surface area contributed by atoms with E-state index in [1.807, 2.05) is 0 Å². The number of hydrogen-bond acceptors (Lipinski definition) is 3. The molecule has 0 atom stereocenters. The molecular weight excluding hydrogens is 264 g/mol. The minimum atomic E-state index is -0.0761. The Hall–Kier alpha value is -1.86. The predicted octanol–water partition coefficient (Wildman–Crippen LogP) is 2.12. The van der Waals surface area contributed by atoms with Gasteiger partial charge in [-0.3, -0.25) is 9.78 Å². The van der Waals surface area contributed by atoms with E-state index >= 15 is 0 Å². The van der Waals surface area contributed by atoms with Crippen LogP contribution in [-0.4, -0.2) is 28.6 Å². The van der Waals surface area contributed by atoms with Gasteiger partial charge >= 0.3 is 0 Å². The van der Waals surface area contributed by atoms with E-state index in [2.05, 4.69) is 29.1 Å². The monoisotopic (exact) mass is 286 g/mol. The van der Waals surface area contributed by atoms with Gasteiger partial charge in [-0.15, -0.1) is 0 Å². The van der Waals surface area contributed by atoms with Crippen LogP contribution < -0.4 is 5.32 Å². The van der Waals surface area contributed by atoms with Crippen molar-refractivity contribution < 1.29 is 9.90 Å². The topological polar surface area (TPSA) is 62.2 Å². The molecule has 4 nitrogen and oxygen atoms in total. The third-order valence-corrected chi connectivity index (χ3v) is 3.82. The number of nitrogens with zero attached hydrogens (tertiary/aromatic N) is 1. The van der Waals surface area contributed by atoms with Crippen LogP contribution in [0.4, 0.5) is 0 Å². The van der Waals surface area contributed by atoms with Gasteiger partial charge in [0.15, 0.2) is 0 Å². The van der Waals surface area contributed by atoms with Gasteiger partial charge in [-0.25, -0.2) is 0 Å². The Balaban J connectivity index is 1.96. The molecule has 0 bridgehead atoms. The Kier molecular flexibility index (Phi) is 5.77. The summed E-state index contributed by atoms with van der Waals surface area (Å²) in [6.45, 7) is 2.30. The first kappa shape index (κ1) is 15.5. The third kappa shape index (κ3) is 4.87. The van der Waals surface area contributed by atoms with Crippen LogP contribution in [0.5, 0.6) is 0 Å². The van der Waals surface area contributed by atoms with Crippen molar-refractivity contribution in [2.45, 2.75) is 45.1 Å². The van der Waals surface area contributed by atoms with Gasteiger partial charge in [0.1, 0.15) is 0 Å². The maximum atomic E-state index is 12.2. The van der Waals surface area contributed by atoms with Crippen molar-refractivity contribution in [3.8, 4) is 11.8 Å². The predicted molar refractivity (Wildman–Crippen MR) is 81.7 cm³/mol. The molecule has 0 unspecified atom stereocenters. The van der Waals surface area contributed by atoms with Gasteiger partial charge in [-0.05, 0) is 37.7 Å². The molecule has 112 valence electrons.